The Morgan fingerprint density at radius 3 is 3.00 bits per heavy atom. The molecule has 1 saturated heterocycles. The van der Waals surface area contributed by atoms with Crippen molar-refractivity contribution in [3.8, 4) is 6.07 Å². The largest absolute Gasteiger partial charge is 0.383 e. The van der Waals surface area contributed by atoms with Crippen molar-refractivity contribution in [2.75, 3.05) is 40.0 Å². The summed E-state index contributed by atoms with van der Waals surface area (Å²) in [5.74, 6) is 0. The first-order chi connectivity index (χ1) is 7.36. The highest BCUT2D eigenvalue weighted by Crippen LogP contribution is 2.13. The average Bonchev–Trinajstić information content (AvgIpc) is 2.74. The van der Waals surface area contributed by atoms with Crippen LogP contribution < -0.4 is 0 Å². The molecule has 0 N–H and O–H groups in total. The molecular formula is C11H20N2O2. The first kappa shape index (κ1) is 12.4. The van der Waals surface area contributed by atoms with Crippen LogP contribution in [-0.2, 0) is 9.47 Å². The molecule has 15 heavy (non-hydrogen) atoms. The van der Waals surface area contributed by atoms with Gasteiger partial charge in [0.1, 0.15) is 0 Å². The summed E-state index contributed by atoms with van der Waals surface area (Å²) in [7, 11) is 1.70. The number of hydrogen-bond acceptors (Lipinski definition) is 4. The SMILES string of the molecule is COCCN(CCC#N)CC1CCCO1. The van der Waals surface area contributed by atoms with Crippen molar-refractivity contribution < 1.29 is 9.47 Å². The van der Waals surface area contributed by atoms with Crippen LogP contribution in [-0.4, -0.2) is 51.0 Å². The third-order valence-electron chi connectivity index (χ3n) is 2.64. The van der Waals surface area contributed by atoms with Gasteiger partial charge in [-0.05, 0) is 12.8 Å². The highest BCUT2D eigenvalue weighted by molar-refractivity contribution is 4.75. The van der Waals surface area contributed by atoms with Crippen LogP contribution in [0.5, 0.6) is 0 Å². The zero-order valence-corrected chi connectivity index (χ0v) is 9.45. The molecule has 0 radical (unpaired) electrons. The molecule has 1 rings (SSSR count). The van der Waals surface area contributed by atoms with Crippen LogP contribution in [0.1, 0.15) is 19.3 Å². The fraction of sp³-hybridized carbons (Fsp3) is 0.909. The van der Waals surface area contributed by atoms with Crippen LogP contribution in [0.15, 0.2) is 0 Å². The number of nitrogens with zero attached hydrogens (tertiary/aromatic N) is 2. The second-order valence-corrected chi connectivity index (χ2v) is 3.84. The number of nitriles is 1. The summed E-state index contributed by atoms with van der Waals surface area (Å²) in [6, 6.07) is 2.18. The molecular weight excluding hydrogens is 192 g/mol. The van der Waals surface area contributed by atoms with Gasteiger partial charge in [-0.3, -0.25) is 4.90 Å². The molecule has 4 heteroatoms. The maximum absolute atomic E-state index is 8.56. The average molecular weight is 212 g/mol. The van der Waals surface area contributed by atoms with E-state index < -0.39 is 0 Å². The Kier molecular flexibility index (Phi) is 6.33. The van der Waals surface area contributed by atoms with Gasteiger partial charge >= 0.3 is 0 Å². The lowest BCUT2D eigenvalue weighted by Crippen LogP contribution is -2.35. The first-order valence-electron chi connectivity index (χ1n) is 5.56. The topological polar surface area (TPSA) is 45.5 Å². The highest BCUT2D eigenvalue weighted by Gasteiger charge is 2.18. The summed E-state index contributed by atoms with van der Waals surface area (Å²) >= 11 is 0. The second kappa shape index (κ2) is 7.63. The van der Waals surface area contributed by atoms with Crippen molar-refractivity contribution >= 4 is 0 Å². The summed E-state index contributed by atoms with van der Waals surface area (Å²) < 4.78 is 10.6. The van der Waals surface area contributed by atoms with Gasteiger partial charge < -0.3 is 9.47 Å². The van der Waals surface area contributed by atoms with E-state index in [1.807, 2.05) is 0 Å². The monoisotopic (exact) mass is 212 g/mol. The third kappa shape index (κ3) is 5.12. The number of rotatable bonds is 7. The second-order valence-electron chi connectivity index (χ2n) is 3.84. The Morgan fingerprint density at radius 1 is 1.53 bits per heavy atom. The van der Waals surface area contributed by atoms with Gasteiger partial charge in [0, 0.05) is 39.8 Å². The predicted octanol–water partition coefficient (Wildman–Crippen LogP) is 1.03. The van der Waals surface area contributed by atoms with Crippen LogP contribution >= 0.6 is 0 Å². The standard InChI is InChI=1S/C11H20N2O2/c1-14-9-7-13(6-3-5-12)10-11-4-2-8-15-11/h11H,2-4,6-10H2,1H3. The van der Waals surface area contributed by atoms with Crippen molar-refractivity contribution in [2.24, 2.45) is 0 Å². The molecule has 1 fully saturated rings. The summed E-state index contributed by atoms with van der Waals surface area (Å²) in [6.07, 6.45) is 3.26. The van der Waals surface area contributed by atoms with Crippen molar-refractivity contribution in [1.29, 1.82) is 5.26 Å². The fourth-order valence-corrected chi connectivity index (χ4v) is 1.80. The van der Waals surface area contributed by atoms with E-state index >= 15 is 0 Å². The lowest BCUT2D eigenvalue weighted by Gasteiger charge is -2.23. The first-order valence-corrected chi connectivity index (χ1v) is 5.56. The molecule has 1 aliphatic heterocycles. The molecule has 0 aromatic carbocycles. The van der Waals surface area contributed by atoms with E-state index in [0.717, 1.165) is 39.3 Å². The Labute approximate surface area is 91.8 Å². The molecule has 0 aromatic rings. The summed E-state index contributed by atoms with van der Waals surface area (Å²) in [6.45, 7) is 4.25. The van der Waals surface area contributed by atoms with Crippen LogP contribution in [0.2, 0.25) is 0 Å². The van der Waals surface area contributed by atoms with Crippen molar-refractivity contribution in [3.63, 3.8) is 0 Å². The Hall–Kier alpha value is -0.630. The van der Waals surface area contributed by atoms with E-state index in [4.69, 9.17) is 14.7 Å². The maximum atomic E-state index is 8.56. The van der Waals surface area contributed by atoms with E-state index in [0.29, 0.717) is 12.5 Å². The zero-order valence-electron chi connectivity index (χ0n) is 9.45. The molecule has 1 aliphatic rings. The van der Waals surface area contributed by atoms with Gasteiger partial charge in [0.15, 0.2) is 0 Å². The van der Waals surface area contributed by atoms with Crippen molar-refractivity contribution in [2.45, 2.75) is 25.4 Å². The molecule has 86 valence electrons. The van der Waals surface area contributed by atoms with Gasteiger partial charge in [0.05, 0.1) is 18.8 Å². The molecule has 0 aromatic heterocycles. The van der Waals surface area contributed by atoms with Crippen LogP contribution in [0.3, 0.4) is 0 Å². The van der Waals surface area contributed by atoms with Crippen LogP contribution in [0.25, 0.3) is 0 Å². The lowest BCUT2D eigenvalue weighted by molar-refractivity contribution is 0.0625. The van der Waals surface area contributed by atoms with Gasteiger partial charge in [0.2, 0.25) is 0 Å². The Morgan fingerprint density at radius 2 is 2.40 bits per heavy atom. The summed E-state index contributed by atoms with van der Waals surface area (Å²) in [5, 5.41) is 8.56. The van der Waals surface area contributed by atoms with Gasteiger partial charge in [-0.15, -0.1) is 0 Å². The highest BCUT2D eigenvalue weighted by atomic mass is 16.5. The maximum Gasteiger partial charge on any atom is 0.0702 e. The predicted molar refractivity (Wildman–Crippen MR) is 57.5 cm³/mol. The number of ether oxygens (including phenoxy) is 2. The molecule has 0 bridgehead atoms. The van der Waals surface area contributed by atoms with Gasteiger partial charge in [0.25, 0.3) is 0 Å². The number of hydrogen-bond donors (Lipinski definition) is 0. The quantitative estimate of drug-likeness (QED) is 0.632. The normalized spacial score (nSPS) is 20.7. The Bertz CT molecular complexity index is 197. The molecule has 4 nitrogen and oxygen atoms in total. The minimum Gasteiger partial charge on any atom is -0.383 e. The number of methoxy groups -OCH3 is 1. The zero-order chi connectivity index (χ0) is 10.9. The molecule has 0 aliphatic carbocycles. The van der Waals surface area contributed by atoms with E-state index in [-0.39, 0.29) is 0 Å². The van der Waals surface area contributed by atoms with Crippen molar-refractivity contribution in [1.82, 2.24) is 4.90 Å². The lowest BCUT2D eigenvalue weighted by atomic mass is 10.2. The third-order valence-corrected chi connectivity index (χ3v) is 2.64. The van der Waals surface area contributed by atoms with Crippen molar-refractivity contribution in [3.05, 3.63) is 0 Å². The molecule has 1 atom stereocenters. The van der Waals surface area contributed by atoms with Crippen LogP contribution in [0, 0.1) is 11.3 Å². The molecule has 1 unspecified atom stereocenters. The van der Waals surface area contributed by atoms with E-state index in [1.165, 1.54) is 6.42 Å². The molecule has 0 amide bonds. The van der Waals surface area contributed by atoms with E-state index in [9.17, 15) is 0 Å². The Balaban J connectivity index is 2.23. The molecule has 0 saturated carbocycles. The minimum atomic E-state index is 0.362. The van der Waals surface area contributed by atoms with Gasteiger partial charge in [-0.2, -0.15) is 5.26 Å². The van der Waals surface area contributed by atoms with E-state index in [2.05, 4.69) is 11.0 Å². The molecule has 1 heterocycles. The van der Waals surface area contributed by atoms with Gasteiger partial charge in [-0.25, -0.2) is 0 Å². The minimum absolute atomic E-state index is 0.362. The summed E-state index contributed by atoms with van der Waals surface area (Å²) in [4.78, 5) is 2.25. The fourth-order valence-electron chi connectivity index (χ4n) is 1.80. The van der Waals surface area contributed by atoms with E-state index in [1.54, 1.807) is 7.11 Å². The van der Waals surface area contributed by atoms with Gasteiger partial charge in [-0.1, -0.05) is 0 Å². The smallest absolute Gasteiger partial charge is 0.0702 e. The van der Waals surface area contributed by atoms with Crippen LogP contribution in [0.4, 0.5) is 0 Å². The summed E-state index contributed by atoms with van der Waals surface area (Å²) in [5.41, 5.74) is 0. The molecule has 0 spiro atoms.